The maximum absolute atomic E-state index is 11.9. The van der Waals surface area contributed by atoms with Gasteiger partial charge in [-0.15, -0.1) is 0 Å². The lowest BCUT2D eigenvalue weighted by Gasteiger charge is -2.27. The van der Waals surface area contributed by atoms with Crippen molar-refractivity contribution < 1.29 is 4.79 Å². The van der Waals surface area contributed by atoms with Gasteiger partial charge in [0.05, 0.1) is 6.54 Å². The predicted molar refractivity (Wildman–Crippen MR) is 59.5 cm³/mol. The van der Waals surface area contributed by atoms with Crippen LogP contribution in [0, 0.1) is 0 Å². The smallest absolute Gasteiger partial charge is 0.236 e. The molecular formula is C11H21N3O. The lowest BCUT2D eigenvalue weighted by atomic mass is 10.1. The van der Waals surface area contributed by atoms with Gasteiger partial charge in [0.1, 0.15) is 0 Å². The molecule has 2 saturated heterocycles. The minimum Gasteiger partial charge on any atom is -0.340 e. The van der Waals surface area contributed by atoms with E-state index in [1.807, 2.05) is 4.90 Å². The van der Waals surface area contributed by atoms with Gasteiger partial charge >= 0.3 is 0 Å². The molecule has 2 N–H and O–H groups in total. The van der Waals surface area contributed by atoms with E-state index in [1.165, 1.54) is 19.3 Å². The van der Waals surface area contributed by atoms with Crippen molar-refractivity contribution in [2.45, 2.75) is 31.7 Å². The van der Waals surface area contributed by atoms with E-state index in [1.54, 1.807) is 0 Å². The standard InChI is InChI=1S/C11H21N3O/c12-10-4-7-14(8-10)11(15)9-13-5-2-1-3-6-13/h10H,1-9,12H2. The van der Waals surface area contributed by atoms with Crippen LogP contribution in [-0.2, 0) is 4.79 Å². The van der Waals surface area contributed by atoms with Gasteiger partial charge in [0.25, 0.3) is 0 Å². The lowest BCUT2D eigenvalue weighted by Crippen LogP contribution is -2.42. The third-order valence-corrected chi connectivity index (χ3v) is 3.38. The van der Waals surface area contributed by atoms with Crippen molar-refractivity contribution in [1.82, 2.24) is 9.80 Å². The van der Waals surface area contributed by atoms with Gasteiger partial charge in [0.2, 0.25) is 5.91 Å². The molecule has 0 radical (unpaired) electrons. The van der Waals surface area contributed by atoms with E-state index in [0.29, 0.717) is 6.54 Å². The Labute approximate surface area is 91.4 Å². The summed E-state index contributed by atoms with van der Waals surface area (Å²) in [5.41, 5.74) is 5.79. The first-order chi connectivity index (χ1) is 7.25. The fourth-order valence-electron chi connectivity index (χ4n) is 2.42. The molecule has 15 heavy (non-hydrogen) atoms. The van der Waals surface area contributed by atoms with Crippen LogP contribution in [0.5, 0.6) is 0 Å². The molecule has 0 aromatic rings. The first-order valence-corrected chi connectivity index (χ1v) is 6.01. The van der Waals surface area contributed by atoms with Crippen molar-refractivity contribution in [2.75, 3.05) is 32.7 Å². The van der Waals surface area contributed by atoms with E-state index in [4.69, 9.17) is 5.73 Å². The van der Waals surface area contributed by atoms with Gasteiger partial charge in [-0.2, -0.15) is 0 Å². The van der Waals surface area contributed by atoms with Gasteiger partial charge in [-0.3, -0.25) is 9.69 Å². The van der Waals surface area contributed by atoms with Gasteiger partial charge < -0.3 is 10.6 Å². The lowest BCUT2D eigenvalue weighted by molar-refractivity contribution is -0.131. The van der Waals surface area contributed by atoms with Crippen molar-refractivity contribution in [3.05, 3.63) is 0 Å². The molecule has 86 valence electrons. The molecule has 4 heteroatoms. The summed E-state index contributed by atoms with van der Waals surface area (Å²) in [6, 6.07) is 0.204. The highest BCUT2D eigenvalue weighted by atomic mass is 16.2. The van der Waals surface area contributed by atoms with Crippen LogP contribution in [0.4, 0.5) is 0 Å². The third-order valence-electron chi connectivity index (χ3n) is 3.38. The van der Waals surface area contributed by atoms with Crippen molar-refractivity contribution in [1.29, 1.82) is 0 Å². The summed E-state index contributed by atoms with van der Waals surface area (Å²) in [7, 11) is 0. The number of piperidine rings is 1. The topological polar surface area (TPSA) is 49.6 Å². The van der Waals surface area contributed by atoms with Crippen LogP contribution in [0.15, 0.2) is 0 Å². The first kappa shape index (κ1) is 10.9. The number of hydrogen-bond donors (Lipinski definition) is 1. The fraction of sp³-hybridized carbons (Fsp3) is 0.909. The minimum absolute atomic E-state index is 0.204. The molecule has 2 aliphatic rings. The van der Waals surface area contributed by atoms with Gasteiger partial charge in [-0.05, 0) is 32.4 Å². The average Bonchev–Trinajstić information content (AvgIpc) is 2.66. The minimum atomic E-state index is 0.204. The molecule has 2 aliphatic heterocycles. The van der Waals surface area contributed by atoms with Crippen molar-refractivity contribution in [2.24, 2.45) is 5.73 Å². The molecule has 0 bridgehead atoms. The Morgan fingerprint density at radius 2 is 1.93 bits per heavy atom. The Morgan fingerprint density at radius 1 is 1.20 bits per heavy atom. The molecule has 2 heterocycles. The SMILES string of the molecule is NC1CCN(C(=O)CN2CCCCC2)C1. The van der Waals surface area contributed by atoms with Gasteiger partial charge in [-0.1, -0.05) is 6.42 Å². The number of carbonyl (C=O) groups excluding carboxylic acids is 1. The van der Waals surface area contributed by atoms with Crippen molar-refractivity contribution in [3.8, 4) is 0 Å². The zero-order valence-electron chi connectivity index (χ0n) is 9.32. The number of likely N-dealkylation sites (tertiary alicyclic amines) is 2. The summed E-state index contributed by atoms with van der Waals surface area (Å²) in [6.07, 6.45) is 4.77. The maximum atomic E-state index is 11.9. The Kier molecular flexibility index (Phi) is 3.59. The monoisotopic (exact) mass is 211 g/mol. The largest absolute Gasteiger partial charge is 0.340 e. The quantitative estimate of drug-likeness (QED) is 0.701. The highest BCUT2D eigenvalue weighted by Gasteiger charge is 2.25. The molecule has 1 amide bonds. The summed E-state index contributed by atoms with van der Waals surface area (Å²) in [4.78, 5) is 16.1. The van der Waals surface area contributed by atoms with Gasteiger partial charge in [0, 0.05) is 19.1 Å². The number of hydrogen-bond acceptors (Lipinski definition) is 3. The average molecular weight is 211 g/mol. The number of rotatable bonds is 2. The summed E-state index contributed by atoms with van der Waals surface area (Å²) in [5, 5.41) is 0. The molecule has 2 rings (SSSR count). The molecule has 0 aliphatic carbocycles. The highest BCUT2D eigenvalue weighted by molar-refractivity contribution is 5.78. The van der Waals surface area contributed by atoms with Crippen LogP contribution in [0.3, 0.4) is 0 Å². The maximum Gasteiger partial charge on any atom is 0.236 e. The van der Waals surface area contributed by atoms with Crippen LogP contribution in [0.1, 0.15) is 25.7 Å². The van der Waals surface area contributed by atoms with Crippen LogP contribution in [0.2, 0.25) is 0 Å². The fourth-order valence-corrected chi connectivity index (χ4v) is 2.42. The van der Waals surface area contributed by atoms with Crippen LogP contribution >= 0.6 is 0 Å². The summed E-state index contributed by atoms with van der Waals surface area (Å²) in [6.45, 7) is 4.39. The number of nitrogens with zero attached hydrogens (tertiary/aromatic N) is 2. The van der Waals surface area contributed by atoms with Crippen molar-refractivity contribution >= 4 is 5.91 Å². The van der Waals surface area contributed by atoms with Gasteiger partial charge in [0.15, 0.2) is 0 Å². The number of carbonyl (C=O) groups is 1. The second-order valence-corrected chi connectivity index (χ2v) is 4.73. The van der Waals surface area contributed by atoms with Crippen LogP contribution in [-0.4, -0.2) is 54.5 Å². The first-order valence-electron chi connectivity index (χ1n) is 6.01. The van der Waals surface area contributed by atoms with E-state index < -0.39 is 0 Å². The predicted octanol–water partition coefficient (Wildman–Crippen LogP) is 0.0319. The molecule has 2 fully saturated rings. The molecule has 0 aromatic heterocycles. The number of amides is 1. The zero-order chi connectivity index (χ0) is 10.7. The molecule has 1 unspecified atom stereocenters. The Bertz CT molecular complexity index is 226. The van der Waals surface area contributed by atoms with Crippen LogP contribution < -0.4 is 5.73 Å². The summed E-state index contributed by atoms with van der Waals surface area (Å²) in [5.74, 6) is 0.268. The molecule has 0 aromatic carbocycles. The van der Waals surface area contributed by atoms with Crippen molar-refractivity contribution in [3.63, 3.8) is 0 Å². The molecule has 4 nitrogen and oxygen atoms in total. The normalized spacial score (nSPS) is 28.3. The summed E-state index contributed by atoms with van der Waals surface area (Å²) < 4.78 is 0. The Balaban J connectivity index is 1.76. The second-order valence-electron chi connectivity index (χ2n) is 4.73. The number of nitrogens with two attached hydrogens (primary N) is 1. The highest BCUT2D eigenvalue weighted by Crippen LogP contribution is 2.11. The van der Waals surface area contributed by atoms with E-state index in [9.17, 15) is 4.79 Å². The van der Waals surface area contributed by atoms with Crippen LogP contribution in [0.25, 0.3) is 0 Å². The molecule has 1 atom stereocenters. The Hall–Kier alpha value is -0.610. The summed E-state index contributed by atoms with van der Waals surface area (Å²) >= 11 is 0. The molecule has 0 saturated carbocycles. The van der Waals surface area contributed by atoms with E-state index in [0.717, 1.165) is 32.6 Å². The third kappa shape index (κ3) is 2.92. The second kappa shape index (κ2) is 4.94. The molecular weight excluding hydrogens is 190 g/mol. The van der Waals surface area contributed by atoms with E-state index in [-0.39, 0.29) is 11.9 Å². The molecule has 0 spiro atoms. The van der Waals surface area contributed by atoms with E-state index in [2.05, 4.69) is 4.90 Å². The van der Waals surface area contributed by atoms with Gasteiger partial charge in [-0.25, -0.2) is 0 Å². The zero-order valence-corrected chi connectivity index (χ0v) is 9.32. The Morgan fingerprint density at radius 3 is 2.53 bits per heavy atom. The van der Waals surface area contributed by atoms with E-state index >= 15 is 0 Å².